The predicted molar refractivity (Wildman–Crippen MR) is 137 cm³/mol. The van der Waals surface area contributed by atoms with Gasteiger partial charge in [0.2, 0.25) is 11.9 Å². The van der Waals surface area contributed by atoms with Gasteiger partial charge in [0, 0.05) is 11.4 Å². The topological polar surface area (TPSA) is 81.1 Å². The molecule has 1 amide bonds. The van der Waals surface area contributed by atoms with E-state index in [1.54, 1.807) is 7.11 Å². The minimum atomic E-state index is -0.118. The lowest BCUT2D eigenvalue weighted by Gasteiger charge is -2.31. The second-order valence-corrected chi connectivity index (χ2v) is 8.95. The number of aromatic nitrogens is 3. The molecule has 2 heterocycles. The molecular weight excluding hydrogens is 462 g/mol. The van der Waals surface area contributed by atoms with Gasteiger partial charge in [-0.1, -0.05) is 66.2 Å². The van der Waals surface area contributed by atoms with E-state index < -0.39 is 0 Å². The summed E-state index contributed by atoms with van der Waals surface area (Å²) >= 11 is 6.10. The van der Waals surface area contributed by atoms with Crippen LogP contribution in [0.1, 0.15) is 41.6 Å². The van der Waals surface area contributed by atoms with Gasteiger partial charge in [0.1, 0.15) is 5.75 Å². The zero-order valence-corrected chi connectivity index (χ0v) is 20.1. The fraction of sp³-hybridized carbons (Fsp3) is 0.222. The molecule has 0 spiro atoms. The molecule has 0 fully saturated rings. The van der Waals surface area contributed by atoms with Crippen molar-refractivity contribution in [2.45, 2.75) is 31.3 Å². The van der Waals surface area contributed by atoms with Gasteiger partial charge in [0.15, 0.2) is 0 Å². The number of nitrogens with one attached hydrogen (secondary N) is 2. The van der Waals surface area contributed by atoms with Gasteiger partial charge in [-0.05, 0) is 53.8 Å². The maximum atomic E-state index is 12.6. The first-order valence-corrected chi connectivity index (χ1v) is 11.9. The third kappa shape index (κ3) is 5.30. The number of anilines is 2. The Bertz CT molecular complexity index is 1290. The van der Waals surface area contributed by atoms with Crippen LogP contribution in [-0.2, 0) is 11.2 Å². The van der Waals surface area contributed by atoms with E-state index in [-0.39, 0.29) is 18.0 Å². The van der Waals surface area contributed by atoms with Crippen molar-refractivity contribution in [2.75, 3.05) is 17.7 Å². The first kappa shape index (κ1) is 22.9. The Labute approximate surface area is 209 Å². The van der Waals surface area contributed by atoms with Crippen LogP contribution in [0, 0.1) is 0 Å². The second kappa shape index (κ2) is 10.2. The summed E-state index contributed by atoms with van der Waals surface area (Å²) in [5.41, 5.74) is 3.31. The zero-order chi connectivity index (χ0) is 24.2. The van der Waals surface area contributed by atoms with Crippen molar-refractivity contribution in [3.8, 4) is 5.75 Å². The van der Waals surface area contributed by atoms with Gasteiger partial charge in [-0.15, -0.1) is 5.10 Å². The molecule has 0 unspecified atom stereocenters. The SMILES string of the molecule is COc1ccc([C@@H]2C[C@@H](c3ccc(Cl)cc3)Nc3nc(NC(=O)CCc4ccccc4)nn32)cc1. The van der Waals surface area contributed by atoms with Crippen LogP contribution in [0.5, 0.6) is 5.75 Å². The normalized spacial score (nSPS) is 16.7. The lowest BCUT2D eigenvalue weighted by Crippen LogP contribution is -2.28. The summed E-state index contributed by atoms with van der Waals surface area (Å²) in [4.78, 5) is 17.2. The van der Waals surface area contributed by atoms with Crippen molar-refractivity contribution < 1.29 is 9.53 Å². The predicted octanol–water partition coefficient (Wildman–Crippen LogP) is 5.66. The van der Waals surface area contributed by atoms with Gasteiger partial charge < -0.3 is 10.1 Å². The van der Waals surface area contributed by atoms with Crippen LogP contribution in [0.2, 0.25) is 5.02 Å². The molecule has 2 N–H and O–H groups in total. The fourth-order valence-electron chi connectivity index (χ4n) is 4.34. The van der Waals surface area contributed by atoms with Crippen molar-refractivity contribution in [3.63, 3.8) is 0 Å². The smallest absolute Gasteiger partial charge is 0.250 e. The van der Waals surface area contributed by atoms with E-state index >= 15 is 0 Å². The number of fused-ring (bicyclic) bond motifs is 1. The summed E-state index contributed by atoms with van der Waals surface area (Å²) in [5.74, 6) is 1.57. The van der Waals surface area contributed by atoms with Crippen LogP contribution in [0.25, 0.3) is 0 Å². The highest BCUT2D eigenvalue weighted by Gasteiger charge is 2.31. The molecule has 2 atom stereocenters. The Kier molecular flexibility index (Phi) is 6.68. The molecule has 7 nitrogen and oxygen atoms in total. The van der Waals surface area contributed by atoms with Crippen LogP contribution in [0.3, 0.4) is 0 Å². The summed E-state index contributed by atoms with van der Waals surface area (Å²) in [5, 5.41) is 11.7. The van der Waals surface area contributed by atoms with Gasteiger partial charge in [-0.25, -0.2) is 4.68 Å². The lowest BCUT2D eigenvalue weighted by atomic mass is 9.93. The van der Waals surface area contributed by atoms with Crippen molar-refractivity contribution in [3.05, 3.63) is 101 Å². The number of amides is 1. The molecule has 3 aromatic carbocycles. The molecule has 1 aliphatic rings. The number of benzene rings is 3. The molecule has 1 aromatic heterocycles. The van der Waals surface area contributed by atoms with Gasteiger partial charge in [-0.3, -0.25) is 10.1 Å². The van der Waals surface area contributed by atoms with Gasteiger partial charge in [0.25, 0.3) is 5.95 Å². The van der Waals surface area contributed by atoms with Crippen LogP contribution < -0.4 is 15.4 Å². The number of aryl methyl sites for hydroxylation is 1. The van der Waals surface area contributed by atoms with E-state index in [0.29, 0.717) is 29.8 Å². The molecular formula is C27H26ClN5O2. The monoisotopic (exact) mass is 487 g/mol. The van der Waals surface area contributed by atoms with Crippen molar-refractivity contribution >= 4 is 29.4 Å². The van der Waals surface area contributed by atoms with Crippen LogP contribution >= 0.6 is 11.6 Å². The van der Waals surface area contributed by atoms with E-state index in [4.69, 9.17) is 16.3 Å². The molecule has 0 aliphatic carbocycles. The fourth-order valence-corrected chi connectivity index (χ4v) is 4.46. The Morgan fingerprint density at radius 2 is 1.77 bits per heavy atom. The minimum absolute atomic E-state index is 0.0118. The number of ether oxygens (including phenoxy) is 1. The van der Waals surface area contributed by atoms with Crippen molar-refractivity contribution in [2.24, 2.45) is 0 Å². The van der Waals surface area contributed by atoms with Crippen LogP contribution in [-0.4, -0.2) is 27.8 Å². The minimum Gasteiger partial charge on any atom is -0.497 e. The number of carbonyl (C=O) groups is 1. The summed E-state index contributed by atoms with van der Waals surface area (Å²) in [6.45, 7) is 0. The quantitative estimate of drug-likeness (QED) is 0.351. The van der Waals surface area contributed by atoms with Gasteiger partial charge in [0.05, 0.1) is 19.2 Å². The van der Waals surface area contributed by atoms with Crippen molar-refractivity contribution in [1.29, 1.82) is 0 Å². The third-order valence-electron chi connectivity index (χ3n) is 6.20. The van der Waals surface area contributed by atoms with E-state index in [1.165, 1.54) is 0 Å². The summed E-state index contributed by atoms with van der Waals surface area (Å²) in [7, 11) is 1.65. The lowest BCUT2D eigenvalue weighted by molar-refractivity contribution is -0.116. The maximum absolute atomic E-state index is 12.6. The van der Waals surface area contributed by atoms with E-state index in [9.17, 15) is 4.79 Å². The molecule has 4 aromatic rings. The molecule has 35 heavy (non-hydrogen) atoms. The van der Waals surface area contributed by atoms with E-state index in [2.05, 4.69) is 20.7 Å². The van der Waals surface area contributed by atoms with Crippen LogP contribution in [0.15, 0.2) is 78.9 Å². The maximum Gasteiger partial charge on any atom is 0.250 e. The number of rotatable bonds is 7. The van der Waals surface area contributed by atoms with E-state index in [0.717, 1.165) is 28.9 Å². The third-order valence-corrected chi connectivity index (χ3v) is 6.45. The largest absolute Gasteiger partial charge is 0.497 e. The number of halogens is 1. The summed E-state index contributed by atoms with van der Waals surface area (Å²) in [6, 6.07) is 25.7. The number of methoxy groups -OCH3 is 1. The number of nitrogens with zero attached hydrogens (tertiary/aromatic N) is 3. The molecule has 0 saturated carbocycles. The summed E-state index contributed by atoms with van der Waals surface area (Å²) in [6.07, 6.45) is 1.77. The summed E-state index contributed by atoms with van der Waals surface area (Å²) < 4.78 is 7.17. The number of hydrogen-bond donors (Lipinski definition) is 2. The van der Waals surface area contributed by atoms with Crippen molar-refractivity contribution in [1.82, 2.24) is 14.8 Å². The molecule has 0 bridgehead atoms. The molecule has 0 radical (unpaired) electrons. The second-order valence-electron chi connectivity index (χ2n) is 8.51. The first-order valence-electron chi connectivity index (χ1n) is 11.6. The van der Waals surface area contributed by atoms with Gasteiger partial charge >= 0.3 is 0 Å². The Morgan fingerprint density at radius 3 is 2.49 bits per heavy atom. The van der Waals surface area contributed by atoms with Crippen LogP contribution in [0.4, 0.5) is 11.9 Å². The molecule has 5 rings (SSSR count). The zero-order valence-electron chi connectivity index (χ0n) is 19.3. The Morgan fingerprint density at radius 1 is 1.06 bits per heavy atom. The van der Waals surface area contributed by atoms with E-state index in [1.807, 2.05) is 83.5 Å². The Balaban J connectivity index is 1.38. The average molecular weight is 488 g/mol. The highest BCUT2D eigenvalue weighted by atomic mass is 35.5. The molecule has 178 valence electrons. The highest BCUT2D eigenvalue weighted by Crippen LogP contribution is 2.38. The molecule has 8 heteroatoms. The average Bonchev–Trinajstić information content (AvgIpc) is 3.30. The van der Waals surface area contributed by atoms with Gasteiger partial charge in [-0.2, -0.15) is 4.98 Å². The number of carbonyl (C=O) groups excluding carboxylic acids is 1. The first-order chi connectivity index (χ1) is 17.1. The molecule has 1 aliphatic heterocycles. The Hall–Kier alpha value is -3.84. The number of hydrogen-bond acceptors (Lipinski definition) is 5. The molecule has 0 saturated heterocycles. The standard InChI is InChI=1S/C27H26ClN5O2/c1-35-22-14-10-20(11-15-22)24-17-23(19-8-12-21(28)13-9-19)29-27-31-26(32-33(24)27)30-25(34)16-7-18-5-3-2-4-6-18/h2-6,8-15,23-24H,7,16-17H2,1H3,(H2,29,30,31,32,34)/t23-,24-/m0/s1. The highest BCUT2D eigenvalue weighted by molar-refractivity contribution is 6.30.